The van der Waals surface area contributed by atoms with Crippen molar-refractivity contribution in [3.8, 4) is 0 Å². The minimum Gasteiger partial charge on any atom is -0.282 e. The molecular weight excluding hydrogens is 318 g/mol. The van der Waals surface area contributed by atoms with Crippen LogP contribution in [0, 0.1) is 6.92 Å². The van der Waals surface area contributed by atoms with Gasteiger partial charge in [-0.3, -0.25) is 28.8 Å². The smallest absolute Gasteiger partial charge is 0.234 e. The molecule has 1 aromatic heterocycles. The molecule has 0 N–H and O–H groups in total. The van der Waals surface area contributed by atoms with E-state index in [2.05, 4.69) is 0 Å². The third-order valence-corrected chi connectivity index (χ3v) is 4.95. The summed E-state index contributed by atoms with van der Waals surface area (Å²) in [5.41, 5.74) is 1.74. The van der Waals surface area contributed by atoms with Crippen molar-refractivity contribution >= 4 is 17.7 Å². The first-order valence-corrected chi connectivity index (χ1v) is 9.14. The quantitative estimate of drug-likeness (QED) is 0.787. The molecule has 1 aliphatic heterocycles. The highest BCUT2D eigenvalue weighted by molar-refractivity contribution is 6.02. The molecule has 2 amide bonds. The van der Waals surface area contributed by atoms with Crippen LogP contribution in [0.4, 0.5) is 0 Å². The monoisotopic (exact) mass is 343 g/mol. The van der Waals surface area contributed by atoms with E-state index < -0.39 is 0 Å². The lowest BCUT2D eigenvalue weighted by Crippen LogP contribution is -2.35. The zero-order valence-electron chi connectivity index (χ0n) is 14.7. The van der Waals surface area contributed by atoms with E-state index in [0.717, 1.165) is 18.4 Å². The molecule has 1 aromatic rings. The number of carbonyl (C=O) groups excluding carboxylic acids is 3. The molecule has 2 aliphatic rings. The fraction of sp³-hybridized carbons (Fsp3) is 0.579. The molecule has 1 aliphatic carbocycles. The van der Waals surface area contributed by atoms with Gasteiger partial charge in [0, 0.05) is 32.0 Å². The van der Waals surface area contributed by atoms with Crippen LogP contribution < -0.4 is 5.49 Å². The summed E-state index contributed by atoms with van der Waals surface area (Å²) >= 11 is 0. The van der Waals surface area contributed by atoms with Crippen LogP contribution in [0.2, 0.25) is 0 Å². The average molecular weight is 343 g/mol. The Hall–Kier alpha value is -2.24. The van der Waals surface area contributed by atoms with Gasteiger partial charge in [0.1, 0.15) is 5.49 Å². The minimum absolute atomic E-state index is 0.123. The zero-order valence-corrected chi connectivity index (χ0v) is 14.7. The van der Waals surface area contributed by atoms with E-state index in [1.54, 1.807) is 10.8 Å². The van der Waals surface area contributed by atoms with Gasteiger partial charge in [-0.25, -0.2) is 0 Å². The number of aryl methyl sites for hydroxylation is 1. The zero-order chi connectivity index (χ0) is 17.8. The van der Waals surface area contributed by atoms with Gasteiger partial charge in [0.05, 0.1) is 6.04 Å². The molecule has 3 rings (SSSR count). The summed E-state index contributed by atoms with van der Waals surface area (Å²) in [5.74, 6) is -0.500. The van der Waals surface area contributed by atoms with Gasteiger partial charge in [0.25, 0.3) is 0 Å². The summed E-state index contributed by atoms with van der Waals surface area (Å²) in [7, 11) is 0. The molecule has 0 unspecified atom stereocenters. The third kappa shape index (κ3) is 4.24. The fourth-order valence-electron chi connectivity index (χ4n) is 3.50. The molecule has 134 valence electrons. The number of nitrogens with zero attached hydrogens (tertiary/aromatic N) is 3. The molecule has 0 atom stereocenters. The van der Waals surface area contributed by atoms with Crippen LogP contribution in [0.5, 0.6) is 0 Å². The molecule has 6 nitrogen and oxygen atoms in total. The molecule has 2 heterocycles. The molecule has 25 heavy (non-hydrogen) atoms. The highest BCUT2D eigenvalue weighted by atomic mass is 16.2. The Morgan fingerprint density at radius 2 is 1.84 bits per heavy atom. The first kappa shape index (κ1) is 17.6. The summed E-state index contributed by atoms with van der Waals surface area (Å²) < 4.78 is 1.56. The fourth-order valence-corrected chi connectivity index (χ4v) is 3.50. The molecule has 0 radical (unpaired) electrons. The van der Waals surface area contributed by atoms with Gasteiger partial charge >= 0.3 is 0 Å². The van der Waals surface area contributed by atoms with Crippen molar-refractivity contribution in [2.75, 3.05) is 6.54 Å². The SMILES string of the molecule is Cc1ccn(C(=O)CCN2C(=O)CCC2=O)c(=NC2CCCCC2)c1. The van der Waals surface area contributed by atoms with E-state index in [4.69, 9.17) is 4.99 Å². The number of amides is 2. The van der Waals surface area contributed by atoms with Crippen molar-refractivity contribution < 1.29 is 14.4 Å². The van der Waals surface area contributed by atoms with E-state index in [1.807, 2.05) is 19.1 Å². The maximum Gasteiger partial charge on any atom is 0.234 e. The normalized spacial score (nSPS) is 19.7. The first-order chi connectivity index (χ1) is 12.0. The number of carbonyl (C=O) groups is 3. The topological polar surface area (TPSA) is 71.7 Å². The Morgan fingerprint density at radius 1 is 1.16 bits per heavy atom. The maximum atomic E-state index is 12.6. The number of aromatic nitrogens is 1. The minimum atomic E-state index is -0.182. The Morgan fingerprint density at radius 3 is 2.52 bits per heavy atom. The average Bonchev–Trinajstić information content (AvgIpc) is 2.92. The predicted octanol–water partition coefficient (Wildman–Crippen LogP) is 2.21. The summed E-state index contributed by atoms with van der Waals surface area (Å²) in [5, 5.41) is 0. The molecular formula is C19H25N3O3. The van der Waals surface area contributed by atoms with Crippen LogP contribution in [0.1, 0.15) is 61.7 Å². The molecule has 1 saturated heterocycles. The van der Waals surface area contributed by atoms with Crippen molar-refractivity contribution in [1.82, 2.24) is 9.47 Å². The second-order valence-corrected chi connectivity index (χ2v) is 6.94. The number of pyridine rings is 1. The van der Waals surface area contributed by atoms with Gasteiger partial charge in [0.2, 0.25) is 17.7 Å². The highest BCUT2D eigenvalue weighted by Gasteiger charge is 2.29. The van der Waals surface area contributed by atoms with Crippen molar-refractivity contribution in [2.24, 2.45) is 4.99 Å². The third-order valence-electron chi connectivity index (χ3n) is 4.95. The van der Waals surface area contributed by atoms with E-state index in [9.17, 15) is 14.4 Å². The first-order valence-electron chi connectivity index (χ1n) is 9.14. The lowest BCUT2D eigenvalue weighted by Gasteiger charge is -2.18. The van der Waals surface area contributed by atoms with Gasteiger partial charge in [0.15, 0.2) is 0 Å². The van der Waals surface area contributed by atoms with Crippen LogP contribution in [-0.4, -0.2) is 39.8 Å². The number of hydrogen-bond donors (Lipinski definition) is 0. The van der Waals surface area contributed by atoms with Crippen LogP contribution in [-0.2, 0) is 9.59 Å². The Bertz CT molecular complexity index is 729. The van der Waals surface area contributed by atoms with E-state index in [1.165, 1.54) is 24.2 Å². The van der Waals surface area contributed by atoms with Gasteiger partial charge in [-0.2, -0.15) is 0 Å². The number of likely N-dealkylation sites (tertiary alicyclic amines) is 1. The van der Waals surface area contributed by atoms with Gasteiger partial charge in [-0.1, -0.05) is 19.3 Å². The number of hydrogen-bond acceptors (Lipinski definition) is 4. The van der Waals surface area contributed by atoms with E-state index >= 15 is 0 Å². The van der Waals surface area contributed by atoms with Crippen LogP contribution in [0.15, 0.2) is 23.3 Å². The van der Waals surface area contributed by atoms with Gasteiger partial charge in [-0.05, 0) is 37.5 Å². The second-order valence-electron chi connectivity index (χ2n) is 6.94. The standard InChI is InChI=1S/C19H25N3O3/c1-14-9-11-21(16(13-14)20-15-5-3-2-4-6-15)19(25)10-12-22-17(23)7-8-18(22)24/h9,11,13,15H,2-8,10,12H2,1H3. The van der Waals surface area contributed by atoms with Crippen LogP contribution in [0.3, 0.4) is 0 Å². The summed E-state index contributed by atoms with van der Waals surface area (Å²) in [6, 6.07) is 4.08. The van der Waals surface area contributed by atoms with E-state index in [-0.39, 0.29) is 49.6 Å². The Kier molecular flexibility index (Phi) is 5.46. The van der Waals surface area contributed by atoms with Crippen molar-refractivity contribution in [2.45, 2.75) is 64.3 Å². The van der Waals surface area contributed by atoms with Gasteiger partial charge in [-0.15, -0.1) is 0 Å². The lowest BCUT2D eigenvalue weighted by molar-refractivity contribution is -0.138. The number of rotatable bonds is 4. The molecule has 0 bridgehead atoms. The highest BCUT2D eigenvalue weighted by Crippen LogP contribution is 2.19. The molecule has 6 heteroatoms. The van der Waals surface area contributed by atoms with Crippen molar-refractivity contribution in [3.63, 3.8) is 0 Å². The molecule has 0 aromatic carbocycles. The maximum absolute atomic E-state index is 12.6. The Labute approximate surface area is 147 Å². The molecule has 1 saturated carbocycles. The van der Waals surface area contributed by atoms with E-state index in [0.29, 0.717) is 5.49 Å². The van der Waals surface area contributed by atoms with Crippen molar-refractivity contribution in [1.29, 1.82) is 0 Å². The van der Waals surface area contributed by atoms with Gasteiger partial charge < -0.3 is 0 Å². The molecule has 0 spiro atoms. The van der Waals surface area contributed by atoms with Crippen LogP contribution >= 0.6 is 0 Å². The van der Waals surface area contributed by atoms with Crippen LogP contribution in [0.25, 0.3) is 0 Å². The lowest BCUT2D eigenvalue weighted by atomic mass is 9.96. The summed E-state index contributed by atoms with van der Waals surface area (Å²) in [6.07, 6.45) is 8.15. The number of imide groups is 1. The predicted molar refractivity (Wildman–Crippen MR) is 92.8 cm³/mol. The second kappa shape index (κ2) is 7.76. The molecule has 2 fully saturated rings. The summed E-state index contributed by atoms with van der Waals surface area (Å²) in [4.78, 5) is 42.0. The summed E-state index contributed by atoms with van der Waals surface area (Å²) in [6.45, 7) is 2.14. The Balaban J connectivity index is 1.76. The largest absolute Gasteiger partial charge is 0.282 e. The van der Waals surface area contributed by atoms with Crippen molar-refractivity contribution in [3.05, 3.63) is 29.4 Å².